The minimum absolute atomic E-state index is 0.0762. The van der Waals surface area contributed by atoms with E-state index in [0.717, 1.165) is 13.1 Å². The van der Waals surface area contributed by atoms with Crippen LogP contribution in [0.25, 0.3) is 0 Å². The zero-order chi connectivity index (χ0) is 10.8. The Morgan fingerprint density at radius 2 is 1.67 bits per heavy atom. The van der Waals surface area contributed by atoms with E-state index in [2.05, 4.69) is 20.8 Å². The molecule has 0 aromatic heterocycles. The van der Waals surface area contributed by atoms with Gasteiger partial charge >= 0.3 is 0 Å². The highest BCUT2D eigenvalue weighted by molar-refractivity contribution is 9.10. The number of likely N-dealkylation sites (tertiary alicyclic amines) is 1. The lowest BCUT2D eigenvalue weighted by Gasteiger charge is -2.14. The van der Waals surface area contributed by atoms with Crippen molar-refractivity contribution in [3.63, 3.8) is 0 Å². The summed E-state index contributed by atoms with van der Waals surface area (Å²) in [5, 5.41) is 0. The Morgan fingerprint density at radius 3 is 2.20 bits per heavy atom. The van der Waals surface area contributed by atoms with Gasteiger partial charge in [0.2, 0.25) is 0 Å². The molecule has 1 aliphatic rings. The van der Waals surface area contributed by atoms with Gasteiger partial charge in [-0.25, -0.2) is 8.78 Å². The Hall–Kier alpha value is -0.480. The minimum atomic E-state index is -0.524. The van der Waals surface area contributed by atoms with Crippen molar-refractivity contribution >= 4 is 15.9 Å². The first kappa shape index (κ1) is 11.0. The molecule has 0 spiro atoms. The number of halogens is 3. The van der Waals surface area contributed by atoms with Crippen LogP contribution in [-0.4, -0.2) is 18.0 Å². The summed E-state index contributed by atoms with van der Waals surface area (Å²) in [4.78, 5) is 2.21. The summed E-state index contributed by atoms with van der Waals surface area (Å²) < 4.78 is 26.3. The summed E-state index contributed by atoms with van der Waals surface area (Å²) in [5.41, 5.74) is 0.704. The van der Waals surface area contributed by atoms with E-state index >= 15 is 0 Å². The van der Waals surface area contributed by atoms with E-state index in [4.69, 9.17) is 0 Å². The molecule has 0 saturated carbocycles. The fourth-order valence-electron chi connectivity index (χ4n) is 1.90. The predicted octanol–water partition coefficient (Wildman–Crippen LogP) is 3.32. The summed E-state index contributed by atoms with van der Waals surface area (Å²) in [6.45, 7) is 2.69. The molecule has 1 aromatic rings. The third kappa shape index (κ3) is 2.55. The van der Waals surface area contributed by atoms with E-state index in [9.17, 15) is 8.78 Å². The van der Waals surface area contributed by atoms with E-state index in [1.54, 1.807) is 0 Å². The molecule has 0 atom stereocenters. The van der Waals surface area contributed by atoms with Crippen molar-refractivity contribution in [2.45, 2.75) is 19.4 Å². The van der Waals surface area contributed by atoms with Crippen molar-refractivity contribution in [2.24, 2.45) is 0 Å². The predicted molar refractivity (Wildman–Crippen MR) is 58.6 cm³/mol. The molecule has 82 valence electrons. The van der Waals surface area contributed by atoms with E-state index < -0.39 is 11.6 Å². The molecule has 1 nitrogen and oxygen atoms in total. The summed E-state index contributed by atoms with van der Waals surface area (Å²) >= 11 is 2.86. The first-order chi connectivity index (χ1) is 7.16. The highest BCUT2D eigenvalue weighted by Crippen LogP contribution is 2.22. The fraction of sp³-hybridized carbons (Fsp3) is 0.455. The largest absolute Gasteiger partial charge is 0.299 e. The molecular formula is C11H12BrF2N. The van der Waals surface area contributed by atoms with Gasteiger partial charge in [-0.3, -0.25) is 4.90 Å². The molecule has 0 radical (unpaired) electrons. The van der Waals surface area contributed by atoms with Crippen LogP contribution in [0.3, 0.4) is 0 Å². The zero-order valence-electron chi connectivity index (χ0n) is 8.27. The molecule has 0 N–H and O–H groups in total. The van der Waals surface area contributed by atoms with Gasteiger partial charge in [-0.15, -0.1) is 0 Å². The normalized spacial score (nSPS) is 17.3. The molecule has 1 saturated heterocycles. The third-order valence-corrected chi connectivity index (χ3v) is 3.41. The van der Waals surface area contributed by atoms with Gasteiger partial charge < -0.3 is 0 Å². The Bertz CT molecular complexity index is 339. The third-order valence-electron chi connectivity index (χ3n) is 2.65. The topological polar surface area (TPSA) is 3.24 Å². The molecule has 1 heterocycles. The Balaban J connectivity index is 2.14. The SMILES string of the molecule is Fc1cc(CN2CCCC2)cc(F)c1Br. The molecule has 0 unspecified atom stereocenters. The molecular weight excluding hydrogens is 264 g/mol. The van der Waals surface area contributed by atoms with Crippen molar-refractivity contribution in [3.8, 4) is 0 Å². The smallest absolute Gasteiger partial charge is 0.140 e. The van der Waals surface area contributed by atoms with Gasteiger partial charge in [0.1, 0.15) is 11.6 Å². The number of benzene rings is 1. The average molecular weight is 276 g/mol. The van der Waals surface area contributed by atoms with Crippen LogP contribution in [0.1, 0.15) is 18.4 Å². The number of hydrogen-bond donors (Lipinski definition) is 0. The van der Waals surface area contributed by atoms with Gasteiger partial charge in [-0.2, -0.15) is 0 Å². The second kappa shape index (κ2) is 4.58. The second-order valence-corrected chi connectivity index (χ2v) is 4.65. The standard InChI is InChI=1S/C11H12BrF2N/c12-11-9(13)5-8(6-10(11)14)7-15-3-1-2-4-15/h5-6H,1-4,7H2. The first-order valence-electron chi connectivity index (χ1n) is 5.02. The summed E-state index contributed by atoms with van der Waals surface area (Å²) in [7, 11) is 0. The van der Waals surface area contributed by atoms with Crippen molar-refractivity contribution in [1.82, 2.24) is 4.90 Å². The quantitative estimate of drug-likeness (QED) is 0.749. The lowest BCUT2D eigenvalue weighted by atomic mass is 10.2. The molecule has 0 bridgehead atoms. The monoisotopic (exact) mass is 275 g/mol. The van der Waals surface area contributed by atoms with E-state index in [0.29, 0.717) is 12.1 Å². The Labute approximate surface area is 96.2 Å². The minimum Gasteiger partial charge on any atom is -0.299 e. The highest BCUT2D eigenvalue weighted by Gasteiger charge is 2.14. The Kier molecular flexibility index (Phi) is 3.36. The van der Waals surface area contributed by atoms with Crippen LogP contribution < -0.4 is 0 Å². The van der Waals surface area contributed by atoms with Gasteiger partial charge in [-0.05, 0) is 59.6 Å². The van der Waals surface area contributed by atoms with Gasteiger partial charge in [-0.1, -0.05) is 0 Å². The average Bonchev–Trinajstić information content (AvgIpc) is 2.66. The molecule has 1 aliphatic heterocycles. The highest BCUT2D eigenvalue weighted by atomic mass is 79.9. The molecule has 0 amide bonds. The lowest BCUT2D eigenvalue weighted by molar-refractivity contribution is 0.330. The maximum absolute atomic E-state index is 13.2. The van der Waals surface area contributed by atoms with Crippen LogP contribution in [0.4, 0.5) is 8.78 Å². The van der Waals surface area contributed by atoms with Crippen molar-refractivity contribution < 1.29 is 8.78 Å². The number of nitrogens with zero attached hydrogens (tertiary/aromatic N) is 1. The number of rotatable bonds is 2. The summed E-state index contributed by atoms with van der Waals surface area (Å²) in [6.07, 6.45) is 2.36. The van der Waals surface area contributed by atoms with Gasteiger partial charge in [0.05, 0.1) is 4.47 Å². The molecule has 2 rings (SSSR count). The molecule has 1 aromatic carbocycles. The van der Waals surface area contributed by atoms with E-state index in [1.807, 2.05) is 0 Å². The first-order valence-corrected chi connectivity index (χ1v) is 5.82. The Morgan fingerprint density at radius 1 is 1.13 bits per heavy atom. The van der Waals surface area contributed by atoms with Crippen molar-refractivity contribution in [2.75, 3.05) is 13.1 Å². The van der Waals surface area contributed by atoms with Crippen molar-refractivity contribution in [3.05, 3.63) is 33.8 Å². The summed E-state index contributed by atoms with van der Waals surface area (Å²) in [6, 6.07) is 2.79. The number of hydrogen-bond acceptors (Lipinski definition) is 1. The van der Waals surface area contributed by atoms with Gasteiger partial charge in [0, 0.05) is 6.54 Å². The molecule has 15 heavy (non-hydrogen) atoms. The molecule has 0 aliphatic carbocycles. The van der Waals surface area contributed by atoms with Gasteiger partial charge in [0.15, 0.2) is 0 Å². The summed E-state index contributed by atoms with van der Waals surface area (Å²) in [5.74, 6) is -1.05. The van der Waals surface area contributed by atoms with Crippen molar-refractivity contribution in [1.29, 1.82) is 0 Å². The molecule has 1 fully saturated rings. The van der Waals surface area contributed by atoms with Crippen LogP contribution in [-0.2, 0) is 6.54 Å². The maximum atomic E-state index is 13.2. The van der Waals surface area contributed by atoms with Crippen LogP contribution >= 0.6 is 15.9 Å². The van der Waals surface area contributed by atoms with E-state index in [-0.39, 0.29) is 4.47 Å². The van der Waals surface area contributed by atoms with Crippen LogP contribution in [0.2, 0.25) is 0 Å². The maximum Gasteiger partial charge on any atom is 0.140 e. The van der Waals surface area contributed by atoms with E-state index in [1.165, 1.54) is 25.0 Å². The molecule has 4 heteroatoms. The fourth-order valence-corrected chi connectivity index (χ4v) is 2.13. The van der Waals surface area contributed by atoms with Gasteiger partial charge in [0.25, 0.3) is 0 Å². The van der Waals surface area contributed by atoms with Crippen LogP contribution in [0, 0.1) is 11.6 Å². The lowest BCUT2D eigenvalue weighted by Crippen LogP contribution is -2.18. The second-order valence-electron chi connectivity index (χ2n) is 3.86. The van der Waals surface area contributed by atoms with Crippen LogP contribution in [0.15, 0.2) is 16.6 Å². The zero-order valence-corrected chi connectivity index (χ0v) is 9.86. The van der Waals surface area contributed by atoms with Crippen LogP contribution in [0.5, 0.6) is 0 Å².